The third-order valence-corrected chi connectivity index (χ3v) is 5.80. The van der Waals surface area contributed by atoms with Crippen molar-refractivity contribution in [1.29, 1.82) is 0 Å². The van der Waals surface area contributed by atoms with Crippen LogP contribution in [-0.2, 0) is 12.8 Å². The molecular weight excluding hydrogens is 244 g/mol. The summed E-state index contributed by atoms with van der Waals surface area (Å²) in [5.41, 5.74) is 3.14. The highest BCUT2D eigenvalue weighted by Gasteiger charge is 2.06. The zero-order valence-electron chi connectivity index (χ0n) is 12.2. The molecule has 2 aromatic carbocycles. The molecule has 0 aliphatic carbocycles. The van der Waals surface area contributed by atoms with Crippen molar-refractivity contribution >= 4 is 19.9 Å². The minimum atomic E-state index is -0.333. The molecular formula is C18H24Si. The number of rotatable bonds is 6. The molecule has 0 aliphatic heterocycles. The molecule has 0 saturated carbocycles. The standard InChI is InChI=1S/C18H24Si/c1-3-9-15-11-5-7-13-17(15)19-18-14-8-6-12-16(18)10-4-2/h5-8,11-14H,3-4,9-10,19H2,1-2H3. The summed E-state index contributed by atoms with van der Waals surface area (Å²) in [6.07, 6.45) is 4.92. The van der Waals surface area contributed by atoms with Crippen LogP contribution in [0.15, 0.2) is 48.5 Å². The zero-order valence-corrected chi connectivity index (χ0v) is 13.6. The van der Waals surface area contributed by atoms with Crippen LogP contribution in [0.4, 0.5) is 0 Å². The van der Waals surface area contributed by atoms with Crippen LogP contribution in [-0.4, -0.2) is 9.52 Å². The topological polar surface area (TPSA) is 0 Å². The van der Waals surface area contributed by atoms with Crippen LogP contribution in [0.25, 0.3) is 0 Å². The van der Waals surface area contributed by atoms with E-state index in [9.17, 15) is 0 Å². The van der Waals surface area contributed by atoms with Gasteiger partial charge in [-0.1, -0.05) is 85.6 Å². The van der Waals surface area contributed by atoms with Crippen molar-refractivity contribution in [2.45, 2.75) is 39.5 Å². The van der Waals surface area contributed by atoms with Crippen LogP contribution >= 0.6 is 0 Å². The van der Waals surface area contributed by atoms with Gasteiger partial charge in [-0.2, -0.15) is 0 Å². The highest BCUT2D eigenvalue weighted by molar-refractivity contribution is 6.68. The van der Waals surface area contributed by atoms with E-state index in [0.717, 1.165) is 0 Å². The third kappa shape index (κ3) is 3.81. The van der Waals surface area contributed by atoms with E-state index in [1.54, 1.807) is 21.5 Å². The molecule has 1 heteroatoms. The normalized spacial score (nSPS) is 10.6. The van der Waals surface area contributed by atoms with Crippen molar-refractivity contribution in [3.63, 3.8) is 0 Å². The van der Waals surface area contributed by atoms with Gasteiger partial charge in [-0.3, -0.25) is 0 Å². The average molecular weight is 268 g/mol. The fourth-order valence-corrected chi connectivity index (χ4v) is 4.65. The Balaban J connectivity index is 2.25. The molecule has 2 rings (SSSR count). The van der Waals surface area contributed by atoms with E-state index < -0.39 is 0 Å². The van der Waals surface area contributed by atoms with E-state index in [0.29, 0.717) is 0 Å². The Kier molecular flexibility index (Phi) is 5.40. The summed E-state index contributed by atoms with van der Waals surface area (Å²) in [5.74, 6) is 0. The molecule has 0 unspecified atom stereocenters. The molecule has 2 aromatic rings. The van der Waals surface area contributed by atoms with Gasteiger partial charge in [0.2, 0.25) is 0 Å². The second-order valence-corrected chi connectivity index (χ2v) is 7.09. The van der Waals surface area contributed by atoms with Crippen LogP contribution in [0.5, 0.6) is 0 Å². The van der Waals surface area contributed by atoms with Crippen LogP contribution in [0, 0.1) is 0 Å². The SMILES string of the molecule is CCCc1ccccc1[SiH2]c1ccccc1CCC. The predicted octanol–water partition coefficient (Wildman–Crippen LogP) is 2.71. The lowest BCUT2D eigenvalue weighted by molar-refractivity contribution is 0.925. The quantitative estimate of drug-likeness (QED) is 0.707. The lowest BCUT2D eigenvalue weighted by Crippen LogP contribution is -2.32. The summed E-state index contributed by atoms with van der Waals surface area (Å²) in [4.78, 5) is 0. The van der Waals surface area contributed by atoms with Gasteiger partial charge in [0.1, 0.15) is 0 Å². The van der Waals surface area contributed by atoms with Crippen LogP contribution in [0.1, 0.15) is 37.8 Å². The molecule has 0 N–H and O–H groups in total. The van der Waals surface area contributed by atoms with Gasteiger partial charge in [0.25, 0.3) is 0 Å². The van der Waals surface area contributed by atoms with Crippen molar-refractivity contribution in [3.8, 4) is 0 Å². The van der Waals surface area contributed by atoms with E-state index in [-0.39, 0.29) is 9.52 Å². The summed E-state index contributed by atoms with van der Waals surface area (Å²) in [6, 6.07) is 18.1. The number of benzene rings is 2. The monoisotopic (exact) mass is 268 g/mol. The van der Waals surface area contributed by atoms with Crippen molar-refractivity contribution in [3.05, 3.63) is 59.7 Å². The highest BCUT2D eigenvalue weighted by Crippen LogP contribution is 2.03. The largest absolute Gasteiger partial charge is 0.0882 e. The number of aryl methyl sites for hydroxylation is 2. The Labute approximate surface area is 119 Å². The van der Waals surface area contributed by atoms with Crippen molar-refractivity contribution in [1.82, 2.24) is 0 Å². The minimum absolute atomic E-state index is 0.333. The molecule has 19 heavy (non-hydrogen) atoms. The van der Waals surface area contributed by atoms with Gasteiger partial charge in [0.05, 0.1) is 9.52 Å². The van der Waals surface area contributed by atoms with E-state index in [4.69, 9.17) is 0 Å². The molecule has 0 aromatic heterocycles. The molecule has 0 atom stereocenters. The number of hydrogen-bond donors (Lipinski definition) is 0. The second-order valence-electron chi connectivity index (χ2n) is 5.21. The van der Waals surface area contributed by atoms with Gasteiger partial charge < -0.3 is 0 Å². The summed E-state index contributed by atoms with van der Waals surface area (Å²) >= 11 is 0. The maximum Gasteiger partial charge on any atom is 0.0882 e. The highest BCUT2D eigenvalue weighted by atomic mass is 28.2. The van der Waals surface area contributed by atoms with Gasteiger partial charge in [-0.25, -0.2) is 0 Å². The Morgan fingerprint density at radius 1 is 0.684 bits per heavy atom. The lowest BCUT2D eigenvalue weighted by Gasteiger charge is -2.11. The number of hydrogen-bond acceptors (Lipinski definition) is 0. The second kappa shape index (κ2) is 7.30. The molecule has 0 aliphatic rings. The van der Waals surface area contributed by atoms with Crippen LogP contribution in [0.2, 0.25) is 0 Å². The maximum absolute atomic E-state index is 2.35. The van der Waals surface area contributed by atoms with E-state index in [1.165, 1.54) is 25.7 Å². The Hall–Kier alpha value is -1.34. The van der Waals surface area contributed by atoms with E-state index in [1.807, 2.05) is 0 Å². The van der Waals surface area contributed by atoms with Gasteiger partial charge in [0.15, 0.2) is 0 Å². The summed E-state index contributed by atoms with van der Waals surface area (Å²) in [5, 5.41) is 3.26. The van der Waals surface area contributed by atoms with E-state index >= 15 is 0 Å². The third-order valence-electron chi connectivity index (χ3n) is 3.66. The van der Waals surface area contributed by atoms with Gasteiger partial charge in [-0.15, -0.1) is 0 Å². The fourth-order valence-electron chi connectivity index (χ4n) is 2.69. The van der Waals surface area contributed by atoms with Crippen molar-refractivity contribution in [2.75, 3.05) is 0 Å². The molecule has 0 spiro atoms. The van der Waals surface area contributed by atoms with Gasteiger partial charge >= 0.3 is 0 Å². The van der Waals surface area contributed by atoms with Crippen molar-refractivity contribution in [2.24, 2.45) is 0 Å². The lowest BCUT2D eigenvalue weighted by atomic mass is 10.1. The van der Waals surface area contributed by atoms with Crippen LogP contribution in [0.3, 0.4) is 0 Å². The van der Waals surface area contributed by atoms with Gasteiger partial charge in [-0.05, 0) is 24.0 Å². The average Bonchev–Trinajstić information content (AvgIpc) is 2.44. The van der Waals surface area contributed by atoms with Gasteiger partial charge in [0, 0.05) is 0 Å². The first-order valence-corrected chi connectivity index (χ1v) is 8.90. The maximum atomic E-state index is 2.35. The minimum Gasteiger partial charge on any atom is -0.0651 e. The Bertz CT molecular complexity index is 469. The Morgan fingerprint density at radius 3 is 1.53 bits per heavy atom. The van der Waals surface area contributed by atoms with Crippen molar-refractivity contribution < 1.29 is 0 Å². The molecule has 0 bridgehead atoms. The molecule has 0 amide bonds. The zero-order chi connectivity index (χ0) is 13.5. The Morgan fingerprint density at radius 2 is 1.11 bits per heavy atom. The fraction of sp³-hybridized carbons (Fsp3) is 0.333. The molecule has 0 saturated heterocycles. The smallest absolute Gasteiger partial charge is 0.0651 e. The first kappa shape index (κ1) is 14.1. The summed E-state index contributed by atoms with van der Waals surface area (Å²) in [6.45, 7) is 4.53. The molecule has 0 fully saturated rings. The summed E-state index contributed by atoms with van der Waals surface area (Å²) in [7, 11) is -0.333. The molecule has 0 nitrogen and oxygen atoms in total. The molecule has 100 valence electrons. The van der Waals surface area contributed by atoms with Crippen LogP contribution < -0.4 is 10.4 Å². The predicted molar refractivity (Wildman–Crippen MR) is 88.7 cm³/mol. The molecule has 0 heterocycles. The first-order chi connectivity index (χ1) is 9.35. The first-order valence-electron chi connectivity index (χ1n) is 7.48. The molecule has 0 radical (unpaired) electrons. The summed E-state index contributed by atoms with van der Waals surface area (Å²) < 4.78 is 0. The van der Waals surface area contributed by atoms with E-state index in [2.05, 4.69) is 62.4 Å².